The molecular formula is C21H29N3O2. The number of fused-ring (bicyclic) bond motifs is 1. The maximum atomic E-state index is 12.9. The van der Waals surface area contributed by atoms with Gasteiger partial charge >= 0.3 is 0 Å². The van der Waals surface area contributed by atoms with Crippen molar-refractivity contribution in [3.05, 3.63) is 36.0 Å². The number of amides is 2. The number of aryl methyl sites for hydroxylation is 1. The third-order valence-electron chi connectivity index (χ3n) is 5.10. The van der Waals surface area contributed by atoms with E-state index in [-0.39, 0.29) is 17.2 Å². The van der Waals surface area contributed by atoms with Gasteiger partial charge in [-0.1, -0.05) is 39.0 Å². The highest BCUT2D eigenvalue weighted by molar-refractivity contribution is 5.89. The number of rotatable bonds is 2. The molecule has 2 heterocycles. The molecule has 2 amide bonds. The Labute approximate surface area is 155 Å². The Kier molecular flexibility index (Phi) is 5.08. The van der Waals surface area contributed by atoms with Crippen LogP contribution in [-0.2, 0) is 23.1 Å². The molecule has 0 atom stereocenters. The van der Waals surface area contributed by atoms with E-state index in [1.807, 2.05) is 49.8 Å². The van der Waals surface area contributed by atoms with Crippen molar-refractivity contribution in [2.45, 2.75) is 33.6 Å². The third-order valence-corrected chi connectivity index (χ3v) is 5.10. The first-order valence-electron chi connectivity index (χ1n) is 9.37. The van der Waals surface area contributed by atoms with Crippen LogP contribution in [-0.4, -0.2) is 52.4 Å². The van der Waals surface area contributed by atoms with E-state index in [2.05, 4.69) is 22.9 Å². The van der Waals surface area contributed by atoms with Gasteiger partial charge in [-0.15, -0.1) is 0 Å². The van der Waals surface area contributed by atoms with Gasteiger partial charge in [0.25, 0.3) is 0 Å². The molecule has 0 N–H and O–H groups in total. The standard InChI is InChI=1S/C21H29N3O2/c1-21(2,3)20(26)24-11-7-10-23(12-13-24)19(25)14-16-15-22(4)18-9-6-5-8-17(16)18/h5-6,8-9,15H,7,10-14H2,1-4H3. The summed E-state index contributed by atoms with van der Waals surface area (Å²) >= 11 is 0. The van der Waals surface area contributed by atoms with Crippen molar-refractivity contribution < 1.29 is 9.59 Å². The van der Waals surface area contributed by atoms with Gasteiger partial charge in [-0.05, 0) is 18.1 Å². The van der Waals surface area contributed by atoms with Crippen LogP contribution in [0.5, 0.6) is 0 Å². The average molecular weight is 355 g/mol. The topological polar surface area (TPSA) is 45.6 Å². The summed E-state index contributed by atoms with van der Waals surface area (Å²) in [5, 5.41) is 1.14. The molecule has 0 aliphatic carbocycles. The van der Waals surface area contributed by atoms with Gasteiger partial charge in [0, 0.05) is 55.7 Å². The Hall–Kier alpha value is -2.30. The monoisotopic (exact) mass is 355 g/mol. The molecule has 0 saturated carbocycles. The first-order chi connectivity index (χ1) is 12.3. The van der Waals surface area contributed by atoms with E-state index in [9.17, 15) is 9.59 Å². The minimum absolute atomic E-state index is 0.145. The minimum atomic E-state index is -0.373. The first-order valence-corrected chi connectivity index (χ1v) is 9.37. The fourth-order valence-corrected chi connectivity index (χ4v) is 3.69. The number of carbonyl (C=O) groups is 2. The quantitative estimate of drug-likeness (QED) is 0.832. The number of aromatic nitrogens is 1. The molecular weight excluding hydrogens is 326 g/mol. The van der Waals surface area contributed by atoms with Gasteiger partial charge in [-0.2, -0.15) is 0 Å². The predicted octanol–water partition coefficient (Wildman–Crippen LogP) is 2.83. The van der Waals surface area contributed by atoms with Gasteiger partial charge in [0.15, 0.2) is 0 Å². The van der Waals surface area contributed by atoms with Gasteiger partial charge in [0.2, 0.25) is 11.8 Å². The molecule has 5 nitrogen and oxygen atoms in total. The van der Waals surface area contributed by atoms with Crippen molar-refractivity contribution in [2.24, 2.45) is 12.5 Å². The number of para-hydroxylation sites is 1. The van der Waals surface area contributed by atoms with Crippen LogP contribution in [0.1, 0.15) is 32.8 Å². The molecule has 0 spiro atoms. The molecule has 3 rings (SSSR count). The van der Waals surface area contributed by atoms with Crippen molar-refractivity contribution in [1.29, 1.82) is 0 Å². The Morgan fingerprint density at radius 3 is 2.38 bits per heavy atom. The molecule has 1 aliphatic heterocycles. The predicted molar refractivity (Wildman–Crippen MR) is 104 cm³/mol. The van der Waals surface area contributed by atoms with Crippen LogP contribution in [0.25, 0.3) is 10.9 Å². The lowest BCUT2D eigenvalue weighted by molar-refractivity contribution is -0.139. The summed E-state index contributed by atoms with van der Waals surface area (Å²) in [5.74, 6) is 0.312. The maximum Gasteiger partial charge on any atom is 0.228 e. The van der Waals surface area contributed by atoms with Crippen LogP contribution >= 0.6 is 0 Å². The molecule has 1 aromatic carbocycles. The zero-order chi connectivity index (χ0) is 18.9. The van der Waals surface area contributed by atoms with E-state index >= 15 is 0 Å². The van der Waals surface area contributed by atoms with Gasteiger partial charge in [0.05, 0.1) is 6.42 Å². The summed E-state index contributed by atoms with van der Waals surface area (Å²) in [5.41, 5.74) is 1.84. The molecule has 0 unspecified atom stereocenters. The smallest absolute Gasteiger partial charge is 0.228 e. The van der Waals surface area contributed by atoms with Crippen molar-refractivity contribution in [3.63, 3.8) is 0 Å². The summed E-state index contributed by atoms with van der Waals surface area (Å²) in [6, 6.07) is 8.18. The van der Waals surface area contributed by atoms with E-state index in [0.29, 0.717) is 19.5 Å². The molecule has 2 aromatic rings. The summed E-state index contributed by atoms with van der Waals surface area (Å²) in [6.45, 7) is 8.53. The molecule has 26 heavy (non-hydrogen) atoms. The molecule has 1 aromatic heterocycles. The highest BCUT2D eigenvalue weighted by atomic mass is 16.2. The van der Waals surface area contributed by atoms with E-state index in [0.717, 1.165) is 36.0 Å². The van der Waals surface area contributed by atoms with Crippen LogP contribution in [0.3, 0.4) is 0 Å². The zero-order valence-corrected chi connectivity index (χ0v) is 16.3. The summed E-state index contributed by atoms with van der Waals surface area (Å²) in [4.78, 5) is 29.2. The van der Waals surface area contributed by atoms with Crippen molar-refractivity contribution in [2.75, 3.05) is 26.2 Å². The Bertz CT molecular complexity index is 816. The normalized spacial score (nSPS) is 16.0. The Morgan fingerprint density at radius 2 is 1.65 bits per heavy atom. The van der Waals surface area contributed by atoms with Crippen molar-refractivity contribution in [3.8, 4) is 0 Å². The number of benzene rings is 1. The fraction of sp³-hybridized carbons (Fsp3) is 0.524. The highest BCUT2D eigenvalue weighted by Crippen LogP contribution is 2.22. The Morgan fingerprint density at radius 1 is 1.00 bits per heavy atom. The maximum absolute atomic E-state index is 12.9. The molecule has 0 radical (unpaired) electrons. The average Bonchev–Trinajstić information content (AvgIpc) is 2.77. The van der Waals surface area contributed by atoms with Gasteiger partial charge in [-0.3, -0.25) is 9.59 Å². The van der Waals surface area contributed by atoms with E-state index < -0.39 is 0 Å². The second kappa shape index (κ2) is 7.14. The lowest BCUT2D eigenvalue weighted by Gasteiger charge is -2.28. The van der Waals surface area contributed by atoms with Crippen LogP contribution in [0.2, 0.25) is 0 Å². The molecule has 5 heteroatoms. The SMILES string of the molecule is Cn1cc(CC(=O)N2CCCN(C(=O)C(C)(C)C)CC2)c2ccccc21. The van der Waals surface area contributed by atoms with Crippen LogP contribution in [0.4, 0.5) is 0 Å². The second-order valence-electron chi connectivity index (χ2n) is 8.24. The lowest BCUT2D eigenvalue weighted by atomic mass is 9.94. The third kappa shape index (κ3) is 3.76. The van der Waals surface area contributed by atoms with Crippen LogP contribution in [0, 0.1) is 5.41 Å². The number of carbonyl (C=O) groups excluding carboxylic acids is 2. The molecule has 140 valence electrons. The zero-order valence-electron chi connectivity index (χ0n) is 16.3. The van der Waals surface area contributed by atoms with Gasteiger partial charge in [0.1, 0.15) is 0 Å². The molecule has 1 fully saturated rings. The first kappa shape index (κ1) is 18.5. The fourth-order valence-electron chi connectivity index (χ4n) is 3.69. The van der Waals surface area contributed by atoms with Crippen LogP contribution in [0.15, 0.2) is 30.5 Å². The van der Waals surface area contributed by atoms with Crippen LogP contribution < -0.4 is 0 Å². The summed E-state index contributed by atoms with van der Waals surface area (Å²) in [7, 11) is 2.01. The van der Waals surface area contributed by atoms with Gasteiger partial charge in [-0.25, -0.2) is 0 Å². The number of hydrogen-bond donors (Lipinski definition) is 0. The van der Waals surface area contributed by atoms with Crippen molar-refractivity contribution >= 4 is 22.7 Å². The second-order valence-corrected chi connectivity index (χ2v) is 8.24. The molecule has 1 aliphatic rings. The minimum Gasteiger partial charge on any atom is -0.350 e. The molecule has 0 bridgehead atoms. The number of hydrogen-bond acceptors (Lipinski definition) is 2. The summed E-state index contributed by atoms with van der Waals surface area (Å²) < 4.78 is 2.07. The van der Waals surface area contributed by atoms with Crippen molar-refractivity contribution in [1.82, 2.24) is 14.4 Å². The van der Waals surface area contributed by atoms with Gasteiger partial charge < -0.3 is 14.4 Å². The van der Waals surface area contributed by atoms with E-state index in [4.69, 9.17) is 0 Å². The van der Waals surface area contributed by atoms with E-state index in [1.165, 1.54) is 0 Å². The summed E-state index contributed by atoms with van der Waals surface area (Å²) in [6.07, 6.45) is 3.30. The highest BCUT2D eigenvalue weighted by Gasteiger charge is 2.29. The number of nitrogens with zero attached hydrogens (tertiary/aromatic N) is 3. The molecule has 1 saturated heterocycles. The Balaban J connectivity index is 1.68. The van der Waals surface area contributed by atoms with E-state index in [1.54, 1.807) is 0 Å². The lowest BCUT2D eigenvalue weighted by Crippen LogP contribution is -2.42. The largest absolute Gasteiger partial charge is 0.350 e.